The number of rotatable bonds is 38. The van der Waals surface area contributed by atoms with E-state index in [1.807, 2.05) is 0 Å². The summed E-state index contributed by atoms with van der Waals surface area (Å²) < 4.78 is 32.6. The van der Waals surface area contributed by atoms with Crippen molar-refractivity contribution in [3.05, 3.63) is 12.2 Å². The van der Waals surface area contributed by atoms with Crippen LogP contribution in [0.5, 0.6) is 0 Å². The van der Waals surface area contributed by atoms with Crippen LogP contribution in [-0.4, -0.2) is 65.7 Å². The van der Waals surface area contributed by atoms with Gasteiger partial charge in [0.25, 0.3) is 0 Å². The Morgan fingerprint density at radius 2 is 0.980 bits per heavy atom. The molecule has 0 fully saturated rings. The van der Waals surface area contributed by atoms with E-state index in [9.17, 15) is 24.2 Å². The van der Waals surface area contributed by atoms with Crippen molar-refractivity contribution in [2.75, 3.05) is 26.4 Å². The summed E-state index contributed by atoms with van der Waals surface area (Å²) in [6, 6.07) is 0. The van der Waals surface area contributed by atoms with Crippen molar-refractivity contribution >= 4 is 19.8 Å². The van der Waals surface area contributed by atoms with Crippen molar-refractivity contribution < 1.29 is 47.8 Å². The number of esters is 2. The van der Waals surface area contributed by atoms with E-state index in [0.29, 0.717) is 12.8 Å². The molecule has 0 aliphatic rings. The molecule has 0 saturated carbocycles. The number of phosphoric acid groups is 1. The summed E-state index contributed by atoms with van der Waals surface area (Å²) in [6.07, 6.45) is 31.8. The lowest BCUT2D eigenvalue weighted by Gasteiger charge is -2.20. The molecule has 0 aliphatic heterocycles. The van der Waals surface area contributed by atoms with Crippen LogP contribution in [0.1, 0.15) is 187 Å². The molecule has 3 N–H and O–H groups in total. The second-order valence-electron chi connectivity index (χ2n) is 13.7. The maximum absolute atomic E-state index is 12.5. The Labute approximate surface area is 305 Å². The van der Waals surface area contributed by atoms with Crippen LogP contribution >= 0.6 is 7.82 Å². The second-order valence-corrected chi connectivity index (χ2v) is 15.1. The fourth-order valence-corrected chi connectivity index (χ4v) is 6.31. The van der Waals surface area contributed by atoms with E-state index in [2.05, 4.69) is 30.5 Å². The van der Waals surface area contributed by atoms with Gasteiger partial charge in [-0.05, 0) is 38.5 Å². The highest BCUT2D eigenvalue weighted by Crippen LogP contribution is 2.43. The summed E-state index contributed by atoms with van der Waals surface area (Å²) >= 11 is 0. The zero-order valence-electron chi connectivity index (χ0n) is 31.9. The Hall–Kier alpha value is -1.29. The van der Waals surface area contributed by atoms with E-state index in [1.165, 1.54) is 89.9 Å². The molecule has 10 nitrogen and oxygen atoms in total. The number of carbonyl (C=O) groups excluding carboxylic acids is 2. The highest BCUT2D eigenvalue weighted by molar-refractivity contribution is 7.47. The molecule has 0 aromatic heterocycles. The summed E-state index contributed by atoms with van der Waals surface area (Å²) in [7, 11) is -4.61. The van der Waals surface area contributed by atoms with Crippen LogP contribution < -0.4 is 0 Å². The third-order valence-corrected chi connectivity index (χ3v) is 9.62. The second kappa shape index (κ2) is 36.1. The number of aliphatic hydroxyl groups is 2. The number of ether oxygens (including phenoxy) is 2. The molecule has 0 saturated heterocycles. The van der Waals surface area contributed by atoms with E-state index in [-0.39, 0.29) is 19.4 Å². The van der Waals surface area contributed by atoms with Crippen LogP contribution in [0.25, 0.3) is 0 Å². The van der Waals surface area contributed by atoms with Crippen molar-refractivity contribution in [2.24, 2.45) is 0 Å². The Balaban J connectivity index is 4.31. The molecule has 0 bridgehead atoms. The normalized spacial score (nSPS) is 14.1. The van der Waals surface area contributed by atoms with E-state index >= 15 is 0 Å². The summed E-state index contributed by atoms with van der Waals surface area (Å²) in [5.41, 5.74) is 0. The molecule has 11 heteroatoms. The monoisotopic (exact) mass is 735 g/mol. The SMILES string of the molecule is CCCCC/C=C\CCCCCCCC(=O)OC(COC(=O)CCCCCCCCCCCCCCCCC)COP(=O)(O)OCC(O)CO. The molecular formula is C39H75O10P. The molecule has 3 unspecified atom stereocenters. The van der Waals surface area contributed by atoms with Gasteiger partial charge < -0.3 is 24.6 Å². The lowest BCUT2D eigenvalue weighted by Crippen LogP contribution is -2.29. The zero-order valence-corrected chi connectivity index (χ0v) is 32.8. The molecule has 0 aliphatic carbocycles. The number of unbranched alkanes of at least 4 members (excludes halogenated alkanes) is 22. The van der Waals surface area contributed by atoms with Crippen molar-refractivity contribution in [3.8, 4) is 0 Å². The van der Waals surface area contributed by atoms with Gasteiger partial charge in [0.05, 0.1) is 19.8 Å². The van der Waals surface area contributed by atoms with Crippen molar-refractivity contribution in [1.29, 1.82) is 0 Å². The summed E-state index contributed by atoms with van der Waals surface area (Å²) in [6.45, 7) is 2.35. The Kier molecular flexibility index (Phi) is 35.2. The van der Waals surface area contributed by atoms with Gasteiger partial charge in [-0.2, -0.15) is 0 Å². The maximum Gasteiger partial charge on any atom is 0.472 e. The maximum atomic E-state index is 12.5. The third kappa shape index (κ3) is 35.1. The van der Waals surface area contributed by atoms with Crippen molar-refractivity contribution in [2.45, 2.75) is 199 Å². The van der Waals surface area contributed by atoms with Gasteiger partial charge in [0.1, 0.15) is 12.7 Å². The lowest BCUT2D eigenvalue weighted by atomic mass is 10.0. The minimum atomic E-state index is -4.61. The first-order valence-corrected chi connectivity index (χ1v) is 21.6. The third-order valence-electron chi connectivity index (χ3n) is 8.67. The molecule has 0 heterocycles. The van der Waals surface area contributed by atoms with E-state index in [4.69, 9.17) is 19.1 Å². The minimum absolute atomic E-state index is 0.177. The molecule has 0 spiro atoms. The molecule has 0 rings (SSSR count). The van der Waals surface area contributed by atoms with Crippen molar-refractivity contribution in [3.63, 3.8) is 0 Å². The van der Waals surface area contributed by atoms with Gasteiger partial charge >= 0.3 is 19.8 Å². The number of allylic oxidation sites excluding steroid dienone is 2. The lowest BCUT2D eigenvalue weighted by molar-refractivity contribution is -0.161. The van der Waals surface area contributed by atoms with Crippen molar-refractivity contribution in [1.82, 2.24) is 0 Å². The summed E-state index contributed by atoms with van der Waals surface area (Å²) in [5.74, 6) is -0.928. The standard InChI is InChI=1S/C39H75O10P/c1-3-5-7-9-11-13-15-17-18-19-21-22-24-26-28-30-38(42)46-34-37(35-48-50(44,45)47-33-36(41)32-40)49-39(43)31-29-27-25-23-20-16-14-12-10-8-6-4-2/h12,14,36-37,40-41H,3-11,13,15-35H2,1-2H3,(H,44,45)/b14-12-. The zero-order chi connectivity index (χ0) is 37.0. The molecule has 3 atom stereocenters. The van der Waals surface area contributed by atoms with Gasteiger partial charge in [0.15, 0.2) is 6.10 Å². The van der Waals surface area contributed by atoms with Gasteiger partial charge in [0, 0.05) is 12.8 Å². The molecule has 0 radical (unpaired) electrons. The van der Waals surface area contributed by atoms with Gasteiger partial charge in [-0.15, -0.1) is 0 Å². The quantitative estimate of drug-likeness (QED) is 0.0242. The Morgan fingerprint density at radius 3 is 1.48 bits per heavy atom. The Bertz CT molecular complexity index is 853. The molecule has 0 aromatic rings. The molecular weight excluding hydrogens is 659 g/mol. The highest BCUT2D eigenvalue weighted by atomic mass is 31.2. The predicted octanol–water partition coefficient (Wildman–Crippen LogP) is 10.1. The Morgan fingerprint density at radius 1 is 0.580 bits per heavy atom. The van der Waals surface area contributed by atoms with E-state index in [1.54, 1.807) is 0 Å². The predicted molar refractivity (Wildman–Crippen MR) is 201 cm³/mol. The molecule has 0 amide bonds. The van der Waals surface area contributed by atoms with Crippen LogP contribution in [0.4, 0.5) is 0 Å². The summed E-state index contributed by atoms with van der Waals surface area (Å²) in [4.78, 5) is 34.8. The van der Waals surface area contributed by atoms with Crippen LogP contribution in [0.3, 0.4) is 0 Å². The molecule has 50 heavy (non-hydrogen) atoms. The number of hydrogen-bond acceptors (Lipinski definition) is 9. The molecule has 296 valence electrons. The first kappa shape index (κ1) is 48.7. The van der Waals surface area contributed by atoms with Crippen LogP contribution in [0.15, 0.2) is 12.2 Å². The summed E-state index contributed by atoms with van der Waals surface area (Å²) in [5, 5.41) is 18.3. The topological polar surface area (TPSA) is 149 Å². The highest BCUT2D eigenvalue weighted by Gasteiger charge is 2.27. The average molecular weight is 735 g/mol. The first-order valence-electron chi connectivity index (χ1n) is 20.1. The molecule has 0 aromatic carbocycles. The number of aliphatic hydroxyl groups excluding tert-OH is 2. The first-order chi connectivity index (χ1) is 24.2. The van der Waals surface area contributed by atoms with Gasteiger partial charge in [-0.3, -0.25) is 18.6 Å². The van der Waals surface area contributed by atoms with Crippen LogP contribution in [-0.2, 0) is 32.7 Å². The largest absolute Gasteiger partial charge is 0.472 e. The average Bonchev–Trinajstić information content (AvgIpc) is 3.10. The van der Waals surface area contributed by atoms with Crippen LogP contribution in [0.2, 0.25) is 0 Å². The fraction of sp³-hybridized carbons (Fsp3) is 0.897. The van der Waals surface area contributed by atoms with Crippen LogP contribution in [0, 0.1) is 0 Å². The number of carbonyl (C=O) groups is 2. The number of hydrogen-bond donors (Lipinski definition) is 3. The smallest absolute Gasteiger partial charge is 0.462 e. The van der Waals surface area contributed by atoms with E-state index < -0.39 is 51.8 Å². The minimum Gasteiger partial charge on any atom is -0.462 e. The van der Waals surface area contributed by atoms with Gasteiger partial charge in [0.2, 0.25) is 0 Å². The van der Waals surface area contributed by atoms with Gasteiger partial charge in [-0.25, -0.2) is 4.57 Å². The fourth-order valence-electron chi connectivity index (χ4n) is 5.52. The van der Waals surface area contributed by atoms with Gasteiger partial charge in [-0.1, -0.05) is 148 Å². The number of phosphoric ester groups is 1. The van der Waals surface area contributed by atoms with E-state index in [0.717, 1.165) is 57.8 Å².